The molecule has 14 heavy (non-hydrogen) atoms. The van der Waals surface area contributed by atoms with Crippen molar-refractivity contribution in [3.8, 4) is 0 Å². The van der Waals surface area contributed by atoms with E-state index in [0.29, 0.717) is 11.3 Å². The average molecular weight is 219 g/mol. The Hall–Kier alpha value is 0.110. The lowest BCUT2D eigenvalue weighted by molar-refractivity contribution is 0.458. The van der Waals surface area contributed by atoms with Crippen molar-refractivity contribution >= 4 is 10.8 Å². The maximum absolute atomic E-state index is 11.8. The molecule has 0 saturated heterocycles. The van der Waals surface area contributed by atoms with Crippen LogP contribution in [0.3, 0.4) is 0 Å². The molecule has 0 saturated carbocycles. The standard InChI is InChI=1S/C11H25NOS/c1-5-9-10(12-7-3)11(6-2)14(13)8-4/h10-12H,5-9H2,1-4H3. The molecule has 1 N–H and O–H groups in total. The molecule has 86 valence electrons. The van der Waals surface area contributed by atoms with Crippen LogP contribution in [0, 0.1) is 0 Å². The average Bonchev–Trinajstić information content (AvgIpc) is 2.19. The van der Waals surface area contributed by atoms with Crippen molar-refractivity contribution in [2.45, 2.75) is 58.2 Å². The Balaban J connectivity index is 4.31. The van der Waals surface area contributed by atoms with Gasteiger partial charge in [-0.2, -0.15) is 0 Å². The first kappa shape index (κ1) is 14.1. The highest BCUT2D eigenvalue weighted by Gasteiger charge is 2.22. The molecular weight excluding hydrogens is 194 g/mol. The molecular formula is C11H25NOS. The topological polar surface area (TPSA) is 29.1 Å². The Morgan fingerprint density at radius 3 is 2.21 bits per heavy atom. The summed E-state index contributed by atoms with van der Waals surface area (Å²) < 4.78 is 11.8. The first-order chi connectivity index (χ1) is 6.71. The van der Waals surface area contributed by atoms with Gasteiger partial charge in [0.2, 0.25) is 0 Å². The zero-order chi connectivity index (χ0) is 11.0. The Morgan fingerprint density at radius 1 is 1.21 bits per heavy atom. The molecule has 0 rings (SSSR count). The van der Waals surface area contributed by atoms with Crippen LogP contribution >= 0.6 is 0 Å². The molecule has 0 aromatic heterocycles. The minimum absolute atomic E-state index is 0.333. The van der Waals surface area contributed by atoms with E-state index in [9.17, 15) is 4.21 Å². The lowest BCUT2D eigenvalue weighted by Crippen LogP contribution is -2.42. The van der Waals surface area contributed by atoms with Gasteiger partial charge in [0.25, 0.3) is 0 Å². The van der Waals surface area contributed by atoms with Gasteiger partial charge in [0.05, 0.1) is 0 Å². The van der Waals surface area contributed by atoms with Crippen molar-refractivity contribution in [3.05, 3.63) is 0 Å². The highest BCUT2D eigenvalue weighted by atomic mass is 32.2. The molecule has 0 spiro atoms. The minimum Gasteiger partial charge on any atom is -0.313 e. The van der Waals surface area contributed by atoms with Crippen LogP contribution in [0.4, 0.5) is 0 Å². The van der Waals surface area contributed by atoms with E-state index < -0.39 is 10.8 Å². The van der Waals surface area contributed by atoms with Crippen molar-refractivity contribution in [3.63, 3.8) is 0 Å². The van der Waals surface area contributed by atoms with Crippen LogP contribution in [0.2, 0.25) is 0 Å². The fourth-order valence-electron chi connectivity index (χ4n) is 1.86. The summed E-state index contributed by atoms with van der Waals surface area (Å²) in [6.07, 6.45) is 3.31. The quantitative estimate of drug-likeness (QED) is 0.679. The SMILES string of the molecule is CCCC(NCC)C(CC)S(=O)CC. The Bertz CT molecular complexity index is 155. The summed E-state index contributed by atoms with van der Waals surface area (Å²) in [6.45, 7) is 9.42. The second kappa shape index (κ2) is 8.42. The van der Waals surface area contributed by atoms with Crippen molar-refractivity contribution in [2.24, 2.45) is 0 Å². The number of rotatable bonds is 8. The summed E-state index contributed by atoms with van der Waals surface area (Å²) in [4.78, 5) is 0. The van der Waals surface area contributed by atoms with Crippen LogP contribution in [0.5, 0.6) is 0 Å². The first-order valence-corrected chi connectivity index (χ1v) is 7.19. The molecule has 0 aliphatic carbocycles. The largest absolute Gasteiger partial charge is 0.313 e. The van der Waals surface area contributed by atoms with Gasteiger partial charge in [0.1, 0.15) is 0 Å². The second-order valence-electron chi connectivity index (χ2n) is 3.57. The summed E-state index contributed by atoms with van der Waals surface area (Å²) in [5.41, 5.74) is 0. The van der Waals surface area contributed by atoms with Crippen molar-refractivity contribution in [1.29, 1.82) is 0 Å². The smallest absolute Gasteiger partial charge is 0.0498 e. The first-order valence-electron chi connectivity index (χ1n) is 5.81. The molecule has 0 aromatic carbocycles. The highest BCUT2D eigenvalue weighted by Crippen LogP contribution is 2.12. The third-order valence-corrected chi connectivity index (χ3v) is 4.45. The maximum Gasteiger partial charge on any atom is 0.0498 e. The molecule has 0 aliphatic heterocycles. The van der Waals surface area contributed by atoms with E-state index >= 15 is 0 Å². The summed E-state index contributed by atoms with van der Waals surface area (Å²) in [7, 11) is -0.660. The number of hydrogen-bond donors (Lipinski definition) is 1. The van der Waals surface area contributed by atoms with Crippen LogP contribution in [-0.2, 0) is 10.8 Å². The zero-order valence-corrected chi connectivity index (χ0v) is 10.8. The van der Waals surface area contributed by atoms with Crippen molar-refractivity contribution in [1.82, 2.24) is 5.32 Å². The van der Waals surface area contributed by atoms with Gasteiger partial charge < -0.3 is 5.32 Å². The van der Waals surface area contributed by atoms with Crippen LogP contribution in [0.25, 0.3) is 0 Å². The molecule has 0 aliphatic rings. The van der Waals surface area contributed by atoms with Gasteiger partial charge >= 0.3 is 0 Å². The fourth-order valence-corrected chi connectivity index (χ4v) is 3.26. The van der Waals surface area contributed by atoms with E-state index in [1.165, 1.54) is 0 Å². The minimum atomic E-state index is -0.660. The molecule has 3 atom stereocenters. The second-order valence-corrected chi connectivity index (χ2v) is 5.51. The third-order valence-electron chi connectivity index (χ3n) is 2.54. The molecule has 0 radical (unpaired) electrons. The predicted molar refractivity (Wildman–Crippen MR) is 65.1 cm³/mol. The van der Waals surface area contributed by atoms with Gasteiger partial charge in [0.15, 0.2) is 0 Å². The summed E-state index contributed by atoms with van der Waals surface area (Å²) >= 11 is 0. The van der Waals surface area contributed by atoms with E-state index in [1.54, 1.807) is 0 Å². The summed E-state index contributed by atoms with van der Waals surface area (Å²) in [5, 5.41) is 3.79. The molecule has 0 amide bonds. The number of nitrogens with one attached hydrogen (secondary N) is 1. The van der Waals surface area contributed by atoms with Gasteiger partial charge in [0, 0.05) is 27.8 Å². The fraction of sp³-hybridized carbons (Fsp3) is 1.00. The van der Waals surface area contributed by atoms with Crippen molar-refractivity contribution in [2.75, 3.05) is 12.3 Å². The molecule has 3 unspecified atom stereocenters. The molecule has 2 nitrogen and oxygen atoms in total. The van der Waals surface area contributed by atoms with E-state index in [4.69, 9.17) is 0 Å². The molecule has 0 heterocycles. The summed E-state index contributed by atoms with van der Waals surface area (Å²) in [5.74, 6) is 0.782. The molecule has 0 bridgehead atoms. The van der Waals surface area contributed by atoms with Crippen LogP contribution in [0.15, 0.2) is 0 Å². The van der Waals surface area contributed by atoms with Gasteiger partial charge in [-0.05, 0) is 19.4 Å². The van der Waals surface area contributed by atoms with Crippen LogP contribution in [0.1, 0.15) is 47.0 Å². The zero-order valence-electron chi connectivity index (χ0n) is 10.0. The molecule has 3 heteroatoms. The highest BCUT2D eigenvalue weighted by molar-refractivity contribution is 7.85. The third kappa shape index (κ3) is 4.56. The Labute approximate surface area is 91.3 Å². The van der Waals surface area contributed by atoms with E-state index in [0.717, 1.165) is 31.6 Å². The Morgan fingerprint density at radius 2 is 1.86 bits per heavy atom. The van der Waals surface area contributed by atoms with Crippen LogP contribution < -0.4 is 5.32 Å². The lowest BCUT2D eigenvalue weighted by Gasteiger charge is -2.25. The number of hydrogen-bond acceptors (Lipinski definition) is 2. The lowest BCUT2D eigenvalue weighted by atomic mass is 10.1. The maximum atomic E-state index is 11.8. The predicted octanol–water partition coefficient (Wildman–Crippen LogP) is 2.31. The van der Waals surface area contributed by atoms with Gasteiger partial charge in [-0.25, -0.2) is 0 Å². The van der Waals surface area contributed by atoms with Gasteiger partial charge in [-0.3, -0.25) is 4.21 Å². The molecule has 0 aromatic rings. The monoisotopic (exact) mass is 219 g/mol. The van der Waals surface area contributed by atoms with Gasteiger partial charge in [-0.15, -0.1) is 0 Å². The molecule has 0 fully saturated rings. The van der Waals surface area contributed by atoms with E-state index in [2.05, 4.69) is 26.1 Å². The van der Waals surface area contributed by atoms with Crippen LogP contribution in [-0.4, -0.2) is 27.8 Å². The van der Waals surface area contributed by atoms with Gasteiger partial charge in [-0.1, -0.05) is 34.1 Å². The van der Waals surface area contributed by atoms with E-state index in [-0.39, 0.29) is 0 Å². The summed E-state index contributed by atoms with van der Waals surface area (Å²) in [6, 6.07) is 0.441. The Kier molecular flexibility index (Phi) is 8.49. The van der Waals surface area contributed by atoms with E-state index in [1.807, 2.05) is 6.92 Å². The van der Waals surface area contributed by atoms with Crippen molar-refractivity contribution < 1.29 is 4.21 Å². The normalized spacial score (nSPS) is 17.7.